The summed E-state index contributed by atoms with van der Waals surface area (Å²) in [4.78, 5) is 4.49. The van der Waals surface area contributed by atoms with E-state index in [9.17, 15) is 4.39 Å². The number of methoxy groups -OCH3 is 1. The van der Waals surface area contributed by atoms with E-state index in [0.717, 1.165) is 28.1 Å². The second kappa shape index (κ2) is 7.08. The molecule has 1 N–H and O–H groups in total. The largest absolute Gasteiger partial charge is 0.493 e. The SMILES string of the molecule is COc1ccc(-c2cc3c(n4cnnc24)NCc2c(F)ccc4c2[C@@H](CO4)CO3)c(C)n1. The van der Waals surface area contributed by atoms with Gasteiger partial charge in [0.15, 0.2) is 17.2 Å². The molecule has 0 unspecified atom stereocenters. The zero-order valence-corrected chi connectivity index (χ0v) is 17.6. The molecular formula is C23H20FN5O3. The molecule has 0 spiro atoms. The fourth-order valence-electron chi connectivity index (χ4n) is 4.52. The van der Waals surface area contributed by atoms with Gasteiger partial charge in [0.05, 0.1) is 26.2 Å². The first-order chi connectivity index (χ1) is 15.6. The van der Waals surface area contributed by atoms with E-state index in [1.807, 2.05) is 29.5 Å². The van der Waals surface area contributed by atoms with Gasteiger partial charge in [-0.2, -0.15) is 0 Å². The molecule has 2 aliphatic heterocycles. The van der Waals surface area contributed by atoms with Crippen LogP contribution in [-0.4, -0.2) is 39.9 Å². The molecule has 3 aromatic heterocycles. The van der Waals surface area contributed by atoms with Gasteiger partial charge >= 0.3 is 0 Å². The Kier molecular flexibility index (Phi) is 4.17. The molecule has 0 fully saturated rings. The lowest BCUT2D eigenvalue weighted by molar-refractivity contribution is 0.249. The summed E-state index contributed by atoms with van der Waals surface area (Å²) in [6.07, 6.45) is 1.62. The number of hydrogen-bond acceptors (Lipinski definition) is 7. The molecule has 1 aromatic carbocycles. The van der Waals surface area contributed by atoms with Gasteiger partial charge in [0.25, 0.3) is 0 Å². The minimum Gasteiger partial charge on any atom is -0.493 e. The number of anilines is 1. The smallest absolute Gasteiger partial charge is 0.213 e. The van der Waals surface area contributed by atoms with Gasteiger partial charge in [0.1, 0.15) is 17.9 Å². The van der Waals surface area contributed by atoms with E-state index in [1.54, 1.807) is 19.5 Å². The van der Waals surface area contributed by atoms with Crippen molar-refractivity contribution in [3.63, 3.8) is 0 Å². The summed E-state index contributed by atoms with van der Waals surface area (Å²) in [6.45, 7) is 3.04. The van der Waals surface area contributed by atoms with E-state index >= 15 is 0 Å². The van der Waals surface area contributed by atoms with Crippen LogP contribution in [0.5, 0.6) is 17.4 Å². The van der Waals surface area contributed by atoms with Gasteiger partial charge in [-0.05, 0) is 31.2 Å². The van der Waals surface area contributed by atoms with Crippen LogP contribution in [0.3, 0.4) is 0 Å². The fourth-order valence-corrected chi connectivity index (χ4v) is 4.52. The number of benzene rings is 1. The van der Waals surface area contributed by atoms with Crippen molar-refractivity contribution < 1.29 is 18.6 Å². The van der Waals surface area contributed by atoms with Crippen molar-refractivity contribution in [1.29, 1.82) is 0 Å². The van der Waals surface area contributed by atoms with Gasteiger partial charge in [0, 0.05) is 40.6 Å². The number of ether oxygens (including phenoxy) is 3. The summed E-state index contributed by atoms with van der Waals surface area (Å²) in [7, 11) is 1.59. The van der Waals surface area contributed by atoms with Crippen LogP contribution in [0.1, 0.15) is 22.7 Å². The predicted molar refractivity (Wildman–Crippen MR) is 115 cm³/mol. The number of aromatic nitrogens is 4. The highest BCUT2D eigenvalue weighted by Crippen LogP contribution is 2.42. The average molecular weight is 433 g/mol. The Labute approximate surface area is 183 Å². The normalized spacial score (nSPS) is 16.7. The highest BCUT2D eigenvalue weighted by atomic mass is 19.1. The van der Waals surface area contributed by atoms with E-state index in [2.05, 4.69) is 20.5 Å². The van der Waals surface area contributed by atoms with Crippen LogP contribution in [0.15, 0.2) is 36.7 Å². The molecule has 9 heteroatoms. The van der Waals surface area contributed by atoms with Crippen LogP contribution in [0.25, 0.3) is 16.8 Å². The quantitative estimate of drug-likeness (QED) is 0.516. The second-order valence-corrected chi connectivity index (χ2v) is 7.89. The zero-order valence-electron chi connectivity index (χ0n) is 17.6. The van der Waals surface area contributed by atoms with Crippen LogP contribution in [-0.2, 0) is 6.54 Å². The van der Waals surface area contributed by atoms with Crippen molar-refractivity contribution >= 4 is 11.5 Å². The van der Waals surface area contributed by atoms with Gasteiger partial charge in [-0.15, -0.1) is 10.2 Å². The molecule has 0 bridgehead atoms. The molecule has 2 aliphatic rings. The zero-order chi connectivity index (χ0) is 21.8. The molecular weight excluding hydrogens is 413 g/mol. The van der Waals surface area contributed by atoms with Gasteiger partial charge in [0.2, 0.25) is 5.88 Å². The summed E-state index contributed by atoms with van der Waals surface area (Å²) in [6, 6.07) is 8.84. The first-order valence-electron chi connectivity index (χ1n) is 10.3. The third-order valence-corrected chi connectivity index (χ3v) is 6.08. The van der Waals surface area contributed by atoms with Crippen molar-refractivity contribution in [1.82, 2.24) is 19.6 Å². The monoisotopic (exact) mass is 433 g/mol. The Hall–Kier alpha value is -3.88. The maximum Gasteiger partial charge on any atom is 0.213 e. The van der Waals surface area contributed by atoms with E-state index in [0.29, 0.717) is 48.4 Å². The number of nitrogens with zero attached hydrogens (tertiary/aromatic N) is 4. The standard InChI is InChI=1S/C23H20FN5O3/c1-12-14(3-6-20(27-12)30-2)15-7-19-23(29-11-26-28-22(15)29)25-8-16-17(24)4-5-18-21(16)13(9-31-18)10-32-19/h3-7,11,13,25H,8-10H2,1-2H3/t13-/m0/s1. The molecule has 8 nitrogen and oxygen atoms in total. The third kappa shape index (κ3) is 2.77. The number of rotatable bonds is 2. The first kappa shape index (κ1) is 18.9. The lowest BCUT2D eigenvalue weighted by Crippen LogP contribution is -2.13. The number of aryl methyl sites for hydroxylation is 1. The molecule has 0 radical (unpaired) electrons. The Morgan fingerprint density at radius 1 is 1.12 bits per heavy atom. The van der Waals surface area contributed by atoms with Crippen LogP contribution in [0.2, 0.25) is 0 Å². The third-order valence-electron chi connectivity index (χ3n) is 6.08. The minimum absolute atomic E-state index is 0.0482. The molecule has 5 heterocycles. The Balaban J connectivity index is 1.51. The maximum atomic E-state index is 14.7. The summed E-state index contributed by atoms with van der Waals surface area (Å²) in [5.74, 6) is 2.26. The topological polar surface area (TPSA) is 82.8 Å². The van der Waals surface area contributed by atoms with E-state index < -0.39 is 0 Å². The molecule has 32 heavy (non-hydrogen) atoms. The molecule has 162 valence electrons. The molecule has 0 saturated heterocycles. The van der Waals surface area contributed by atoms with Crippen molar-refractivity contribution in [2.45, 2.75) is 19.4 Å². The number of hydrogen-bond donors (Lipinski definition) is 1. The van der Waals surface area contributed by atoms with Crippen LogP contribution in [0.4, 0.5) is 10.2 Å². The van der Waals surface area contributed by atoms with Crippen LogP contribution < -0.4 is 19.5 Å². The van der Waals surface area contributed by atoms with Crippen molar-refractivity contribution in [2.75, 3.05) is 25.6 Å². The highest BCUT2D eigenvalue weighted by molar-refractivity contribution is 5.83. The number of nitrogens with one attached hydrogen (secondary N) is 1. The molecule has 4 aromatic rings. The average Bonchev–Trinajstić information content (AvgIpc) is 3.45. The number of pyridine rings is 2. The lowest BCUT2D eigenvalue weighted by atomic mass is 9.96. The second-order valence-electron chi connectivity index (χ2n) is 7.89. The van der Waals surface area contributed by atoms with Gasteiger partial charge < -0.3 is 19.5 Å². The Morgan fingerprint density at radius 2 is 1.97 bits per heavy atom. The number of halogens is 1. The van der Waals surface area contributed by atoms with E-state index in [1.165, 1.54) is 6.07 Å². The Morgan fingerprint density at radius 3 is 2.78 bits per heavy atom. The van der Waals surface area contributed by atoms with Gasteiger partial charge in [-0.25, -0.2) is 9.37 Å². The van der Waals surface area contributed by atoms with E-state index in [4.69, 9.17) is 14.2 Å². The summed E-state index contributed by atoms with van der Waals surface area (Å²) < 4.78 is 33.9. The summed E-state index contributed by atoms with van der Waals surface area (Å²) in [5.41, 5.74) is 4.66. The molecule has 0 aliphatic carbocycles. The highest BCUT2D eigenvalue weighted by Gasteiger charge is 2.31. The van der Waals surface area contributed by atoms with Crippen molar-refractivity contribution in [2.24, 2.45) is 0 Å². The van der Waals surface area contributed by atoms with Gasteiger partial charge in [-0.1, -0.05) is 0 Å². The summed E-state index contributed by atoms with van der Waals surface area (Å²) in [5, 5.41) is 11.8. The Bertz CT molecular complexity index is 1370. The first-order valence-corrected chi connectivity index (χ1v) is 10.3. The predicted octanol–water partition coefficient (Wildman–Crippen LogP) is 3.73. The maximum absolute atomic E-state index is 14.7. The fraction of sp³-hybridized carbons (Fsp3) is 0.261. The van der Waals surface area contributed by atoms with E-state index in [-0.39, 0.29) is 11.7 Å². The lowest BCUT2D eigenvalue weighted by Gasteiger charge is -2.17. The van der Waals surface area contributed by atoms with Crippen LogP contribution in [0, 0.1) is 12.7 Å². The van der Waals surface area contributed by atoms with Crippen LogP contribution >= 0.6 is 0 Å². The van der Waals surface area contributed by atoms with Crippen molar-refractivity contribution in [3.05, 3.63) is 59.3 Å². The molecule has 6 rings (SSSR count). The molecule has 0 amide bonds. The van der Waals surface area contributed by atoms with Crippen molar-refractivity contribution in [3.8, 4) is 28.5 Å². The molecule has 1 atom stereocenters. The number of fused-ring (bicyclic) bond motifs is 3. The summed E-state index contributed by atoms with van der Waals surface area (Å²) >= 11 is 0. The minimum atomic E-state index is -0.258. The van der Waals surface area contributed by atoms with Gasteiger partial charge in [-0.3, -0.25) is 4.40 Å². The molecule has 0 saturated carbocycles.